The highest BCUT2D eigenvalue weighted by Crippen LogP contribution is 2.37. The molecule has 14 heavy (non-hydrogen) atoms. The van der Waals surface area contributed by atoms with E-state index in [1.54, 1.807) is 0 Å². The monoisotopic (exact) mass is 281 g/mol. The molecule has 0 saturated heterocycles. The summed E-state index contributed by atoms with van der Waals surface area (Å²) in [7, 11) is 0. The Balaban J connectivity index is 0.000000980. The van der Waals surface area contributed by atoms with Gasteiger partial charge in [-0.3, -0.25) is 0 Å². The summed E-state index contributed by atoms with van der Waals surface area (Å²) in [5.74, 6) is 0.395. The van der Waals surface area contributed by atoms with Crippen LogP contribution < -0.4 is 10.5 Å². The first-order chi connectivity index (χ1) is 6.18. The third-order valence-corrected chi connectivity index (χ3v) is 2.70. The topological polar surface area (TPSA) is 35.2 Å². The number of ether oxygens (including phenoxy) is 1. The van der Waals surface area contributed by atoms with E-state index in [9.17, 15) is 4.39 Å². The van der Waals surface area contributed by atoms with Crippen LogP contribution in [0.25, 0.3) is 0 Å². The summed E-state index contributed by atoms with van der Waals surface area (Å²) in [5, 5.41) is 0. The largest absolute Gasteiger partial charge is 0.492 e. The van der Waals surface area contributed by atoms with Crippen LogP contribution in [-0.2, 0) is 0 Å². The lowest BCUT2D eigenvalue weighted by Crippen LogP contribution is -2.21. The third kappa shape index (κ3) is 2.02. The smallest absolute Gasteiger partial charge is 0.138 e. The summed E-state index contributed by atoms with van der Waals surface area (Å²) in [4.78, 5) is 0. The molecule has 1 atom stereocenters. The molecule has 0 bridgehead atoms. The molecule has 0 aromatic heterocycles. The van der Waals surface area contributed by atoms with Crippen molar-refractivity contribution in [3.05, 3.63) is 28.0 Å². The van der Waals surface area contributed by atoms with Crippen LogP contribution >= 0.6 is 28.3 Å². The summed E-state index contributed by atoms with van der Waals surface area (Å²) >= 11 is 3.24. The van der Waals surface area contributed by atoms with Crippen LogP contribution in [-0.4, -0.2) is 6.61 Å². The molecule has 0 spiro atoms. The van der Waals surface area contributed by atoms with Gasteiger partial charge in [-0.2, -0.15) is 0 Å². The SMILES string of the molecule is Cl.N[C@H]1CCOc2c(Br)cc(F)cc21. The van der Waals surface area contributed by atoms with E-state index in [0.717, 1.165) is 12.0 Å². The summed E-state index contributed by atoms with van der Waals surface area (Å²) in [6.07, 6.45) is 0.739. The normalized spacial score (nSPS) is 19.2. The van der Waals surface area contributed by atoms with Crippen LogP contribution in [0.4, 0.5) is 4.39 Å². The van der Waals surface area contributed by atoms with Crippen LogP contribution in [0.5, 0.6) is 5.75 Å². The molecule has 5 heteroatoms. The molecule has 0 radical (unpaired) electrons. The molecule has 0 aliphatic carbocycles. The maximum Gasteiger partial charge on any atom is 0.138 e. The fraction of sp³-hybridized carbons (Fsp3) is 0.333. The Kier molecular flexibility index (Phi) is 3.75. The van der Waals surface area contributed by atoms with E-state index < -0.39 is 0 Å². The molecule has 1 heterocycles. The first-order valence-electron chi connectivity index (χ1n) is 4.06. The molecular weight excluding hydrogens is 272 g/mol. The summed E-state index contributed by atoms with van der Waals surface area (Å²) < 4.78 is 19.0. The number of hydrogen-bond acceptors (Lipinski definition) is 2. The Morgan fingerprint density at radius 1 is 1.50 bits per heavy atom. The van der Waals surface area contributed by atoms with E-state index in [2.05, 4.69) is 15.9 Å². The van der Waals surface area contributed by atoms with Gasteiger partial charge in [0.2, 0.25) is 0 Å². The van der Waals surface area contributed by atoms with Crippen molar-refractivity contribution >= 4 is 28.3 Å². The van der Waals surface area contributed by atoms with Gasteiger partial charge in [0.1, 0.15) is 11.6 Å². The quantitative estimate of drug-likeness (QED) is 0.794. The lowest BCUT2D eigenvalue weighted by atomic mass is 10.0. The summed E-state index contributed by atoms with van der Waals surface area (Å²) in [6, 6.07) is 2.71. The molecule has 0 fully saturated rings. The lowest BCUT2D eigenvalue weighted by Gasteiger charge is -2.23. The average Bonchev–Trinajstić information content (AvgIpc) is 2.07. The molecule has 1 aromatic rings. The van der Waals surface area contributed by atoms with Gasteiger partial charge in [0.25, 0.3) is 0 Å². The number of rotatable bonds is 0. The summed E-state index contributed by atoms with van der Waals surface area (Å²) in [5.41, 5.74) is 6.56. The zero-order valence-corrected chi connectivity index (χ0v) is 9.70. The van der Waals surface area contributed by atoms with Gasteiger partial charge in [0.15, 0.2) is 0 Å². The van der Waals surface area contributed by atoms with Crippen molar-refractivity contribution in [3.63, 3.8) is 0 Å². The van der Waals surface area contributed by atoms with Crippen molar-refractivity contribution in [2.45, 2.75) is 12.5 Å². The van der Waals surface area contributed by atoms with Crippen molar-refractivity contribution in [1.29, 1.82) is 0 Å². The van der Waals surface area contributed by atoms with Crippen LogP contribution in [0.3, 0.4) is 0 Å². The van der Waals surface area contributed by atoms with Gasteiger partial charge in [-0.25, -0.2) is 4.39 Å². The van der Waals surface area contributed by atoms with Gasteiger partial charge in [-0.15, -0.1) is 12.4 Å². The van der Waals surface area contributed by atoms with Gasteiger partial charge in [-0.05, 0) is 28.1 Å². The maximum absolute atomic E-state index is 13.0. The molecule has 78 valence electrons. The molecule has 0 unspecified atom stereocenters. The van der Waals surface area contributed by atoms with E-state index in [-0.39, 0.29) is 24.3 Å². The van der Waals surface area contributed by atoms with Crippen LogP contribution in [0.1, 0.15) is 18.0 Å². The maximum atomic E-state index is 13.0. The van der Waals surface area contributed by atoms with Crippen molar-refractivity contribution in [2.24, 2.45) is 5.73 Å². The lowest BCUT2D eigenvalue weighted by molar-refractivity contribution is 0.266. The molecule has 2 nitrogen and oxygen atoms in total. The Hall–Kier alpha value is -0.320. The summed E-state index contributed by atoms with van der Waals surface area (Å²) in [6.45, 7) is 0.596. The first-order valence-corrected chi connectivity index (χ1v) is 4.85. The highest BCUT2D eigenvalue weighted by Gasteiger charge is 2.21. The zero-order valence-electron chi connectivity index (χ0n) is 7.30. The third-order valence-electron chi connectivity index (χ3n) is 2.11. The molecule has 0 amide bonds. The minimum atomic E-state index is -0.286. The number of fused-ring (bicyclic) bond motifs is 1. The Morgan fingerprint density at radius 3 is 2.93 bits per heavy atom. The van der Waals surface area contributed by atoms with Crippen molar-refractivity contribution in [2.75, 3.05) is 6.61 Å². The second kappa shape index (κ2) is 4.47. The highest BCUT2D eigenvalue weighted by molar-refractivity contribution is 9.10. The van der Waals surface area contributed by atoms with Crippen molar-refractivity contribution in [3.8, 4) is 5.75 Å². The molecule has 1 aliphatic heterocycles. The first kappa shape index (κ1) is 11.8. The molecule has 1 aromatic carbocycles. The van der Waals surface area contributed by atoms with Crippen LogP contribution in [0.15, 0.2) is 16.6 Å². The minimum Gasteiger partial charge on any atom is -0.492 e. The number of hydrogen-bond donors (Lipinski definition) is 1. The van der Waals surface area contributed by atoms with E-state index in [0.29, 0.717) is 16.8 Å². The van der Waals surface area contributed by atoms with E-state index in [1.807, 2.05) is 0 Å². The van der Waals surface area contributed by atoms with E-state index in [4.69, 9.17) is 10.5 Å². The second-order valence-electron chi connectivity index (χ2n) is 3.05. The van der Waals surface area contributed by atoms with Crippen LogP contribution in [0.2, 0.25) is 0 Å². The average molecular weight is 283 g/mol. The molecule has 2 rings (SSSR count). The van der Waals surface area contributed by atoms with Gasteiger partial charge in [0, 0.05) is 18.0 Å². The molecule has 1 aliphatic rings. The molecular formula is C9H10BrClFNO. The van der Waals surface area contributed by atoms with Gasteiger partial charge >= 0.3 is 0 Å². The number of halogens is 3. The zero-order chi connectivity index (χ0) is 9.42. The van der Waals surface area contributed by atoms with Crippen molar-refractivity contribution in [1.82, 2.24) is 0 Å². The Morgan fingerprint density at radius 2 is 2.21 bits per heavy atom. The Bertz CT molecular complexity index is 348. The fourth-order valence-electron chi connectivity index (χ4n) is 1.45. The Labute approximate surface area is 96.2 Å². The minimum absolute atomic E-state index is 0. The number of benzene rings is 1. The van der Waals surface area contributed by atoms with Crippen LogP contribution in [0, 0.1) is 5.82 Å². The van der Waals surface area contributed by atoms with E-state index in [1.165, 1.54) is 12.1 Å². The van der Waals surface area contributed by atoms with E-state index >= 15 is 0 Å². The second-order valence-corrected chi connectivity index (χ2v) is 3.90. The highest BCUT2D eigenvalue weighted by atomic mass is 79.9. The molecule has 2 N–H and O–H groups in total. The fourth-order valence-corrected chi connectivity index (χ4v) is 2.01. The van der Waals surface area contributed by atoms with Crippen molar-refractivity contribution < 1.29 is 9.13 Å². The predicted octanol–water partition coefficient (Wildman–Crippen LogP) is 2.79. The number of nitrogens with two attached hydrogens (primary N) is 1. The standard InChI is InChI=1S/C9H9BrFNO.ClH/c10-7-4-5(11)3-6-8(12)1-2-13-9(6)7;/h3-4,8H,1-2,12H2;1H/t8-;/m0./s1. The van der Waals surface area contributed by atoms with Gasteiger partial charge in [-0.1, -0.05) is 0 Å². The predicted molar refractivity (Wildman–Crippen MR) is 58.4 cm³/mol. The van der Waals surface area contributed by atoms with Gasteiger partial charge in [0.05, 0.1) is 11.1 Å². The molecule has 0 saturated carbocycles. The van der Waals surface area contributed by atoms with Gasteiger partial charge < -0.3 is 10.5 Å².